The molecular weight excluding hydrogens is 176 g/mol. The first-order chi connectivity index (χ1) is 6.90. The highest BCUT2D eigenvalue weighted by Crippen LogP contribution is 2.23. The van der Waals surface area contributed by atoms with Crippen LogP contribution in [-0.2, 0) is 0 Å². The number of piperidine rings is 1. The first kappa shape index (κ1) is 10.4. The van der Waals surface area contributed by atoms with E-state index >= 15 is 0 Å². The molecule has 0 radical (unpaired) electrons. The maximum absolute atomic E-state index is 8.89. The summed E-state index contributed by atoms with van der Waals surface area (Å²) in [6, 6.07) is 0.771. The van der Waals surface area contributed by atoms with Gasteiger partial charge in [-0.25, -0.2) is 0 Å². The average Bonchev–Trinajstić information content (AvgIpc) is 2.68. The Labute approximate surface area is 86.5 Å². The Balaban J connectivity index is 1.76. The second-order valence-electron chi connectivity index (χ2n) is 4.66. The molecule has 2 aliphatic heterocycles. The van der Waals surface area contributed by atoms with Crippen LogP contribution < -0.4 is 5.32 Å². The molecule has 82 valence electrons. The van der Waals surface area contributed by atoms with Crippen molar-refractivity contribution in [1.82, 2.24) is 10.2 Å². The van der Waals surface area contributed by atoms with E-state index in [4.69, 9.17) is 5.11 Å². The van der Waals surface area contributed by atoms with Gasteiger partial charge in [-0.2, -0.15) is 0 Å². The topological polar surface area (TPSA) is 35.5 Å². The summed E-state index contributed by atoms with van der Waals surface area (Å²) in [5, 5.41) is 12.4. The van der Waals surface area contributed by atoms with Gasteiger partial charge in [-0.15, -0.1) is 0 Å². The van der Waals surface area contributed by atoms with Gasteiger partial charge < -0.3 is 10.4 Å². The van der Waals surface area contributed by atoms with Crippen LogP contribution in [0.5, 0.6) is 0 Å². The van der Waals surface area contributed by atoms with Crippen molar-refractivity contribution < 1.29 is 5.11 Å². The lowest BCUT2D eigenvalue weighted by Crippen LogP contribution is -2.44. The third-order valence-electron chi connectivity index (χ3n) is 3.64. The monoisotopic (exact) mass is 198 g/mol. The summed E-state index contributed by atoms with van der Waals surface area (Å²) in [5.74, 6) is 0.752. The van der Waals surface area contributed by atoms with Gasteiger partial charge in [0.05, 0.1) is 0 Å². The molecule has 3 nitrogen and oxygen atoms in total. The molecule has 0 saturated carbocycles. The van der Waals surface area contributed by atoms with Gasteiger partial charge in [0.15, 0.2) is 0 Å². The van der Waals surface area contributed by atoms with Crippen LogP contribution >= 0.6 is 0 Å². The number of rotatable bonds is 3. The van der Waals surface area contributed by atoms with Crippen LogP contribution in [0.15, 0.2) is 0 Å². The highest BCUT2D eigenvalue weighted by molar-refractivity contribution is 4.84. The summed E-state index contributed by atoms with van der Waals surface area (Å²) in [7, 11) is 0. The summed E-state index contributed by atoms with van der Waals surface area (Å²) in [6.07, 6.45) is 4.97. The summed E-state index contributed by atoms with van der Waals surface area (Å²) >= 11 is 0. The molecule has 0 aliphatic carbocycles. The van der Waals surface area contributed by atoms with Gasteiger partial charge in [-0.3, -0.25) is 4.90 Å². The standard InChI is InChI=1S/C11H22N2O/c14-7-4-10-3-6-13(9-10)11-2-1-5-12-8-11/h10-12,14H,1-9H2. The minimum absolute atomic E-state index is 0.363. The zero-order chi connectivity index (χ0) is 9.80. The van der Waals surface area contributed by atoms with Gasteiger partial charge in [0, 0.05) is 25.7 Å². The quantitative estimate of drug-likeness (QED) is 0.691. The van der Waals surface area contributed by atoms with Crippen molar-refractivity contribution >= 4 is 0 Å². The molecule has 0 amide bonds. The van der Waals surface area contributed by atoms with Crippen molar-refractivity contribution in [3.05, 3.63) is 0 Å². The summed E-state index contributed by atoms with van der Waals surface area (Å²) in [6.45, 7) is 5.20. The van der Waals surface area contributed by atoms with Crippen molar-refractivity contribution in [3.8, 4) is 0 Å². The highest BCUT2D eigenvalue weighted by atomic mass is 16.3. The third kappa shape index (κ3) is 2.47. The number of hydrogen-bond donors (Lipinski definition) is 2. The van der Waals surface area contributed by atoms with E-state index in [0.717, 1.165) is 18.4 Å². The second kappa shape index (κ2) is 5.10. The second-order valence-corrected chi connectivity index (χ2v) is 4.66. The van der Waals surface area contributed by atoms with E-state index in [2.05, 4.69) is 10.2 Å². The summed E-state index contributed by atoms with van der Waals surface area (Å²) in [4.78, 5) is 2.62. The number of likely N-dealkylation sites (tertiary alicyclic amines) is 1. The molecule has 0 spiro atoms. The number of nitrogens with zero attached hydrogens (tertiary/aromatic N) is 1. The predicted octanol–water partition coefficient (Wildman–Crippen LogP) is 0.443. The van der Waals surface area contributed by atoms with Gasteiger partial charge in [0.1, 0.15) is 0 Å². The van der Waals surface area contributed by atoms with Crippen LogP contribution in [0, 0.1) is 5.92 Å². The zero-order valence-corrected chi connectivity index (χ0v) is 8.91. The molecule has 2 aliphatic rings. The van der Waals surface area contributed by atoms with Crippen molar-refractivity contribution in [1.29, 1.82) is 0 Å². The van der Waals surface area contributed by atoms with Gasteiger partial charge in [0.2, 0.25) is 0 Å². The molecule has 0 aromatic carbocycles. The molecule has 3 heteroatoms. The van der Waals surface area contributed by atoms with Crippen LogP contribution in [0.3, 0.4) is 0 Å². The maximum Gasteiger partial charge on any atom is 0.0434 e. The van der Waals surface area contributed by atoms with Crippen LogP contribution in [0.1, 0.15) is 25.7 Å². The van der Waals surface area contributed by atoms with Gasteiger partial charge in [-0.05, 0) is 44.7 Å². The Morgan fingerprint density at radius 1 is 1.36 bits per heavy atom. The first-order valence-corrected chi connectivity index (χ1v) is 5.96. The molecule has 2 unspecified atom stereocenters. The largest absolute Gasteiger partial charge is 0.396 e. The fraction of sp³-hybridized carbons (Fsp3) is 1.00. The van der Waals surface area contributed by atoms with E-state index in [1.54, 1.807) is 0 Å². The molecule has 2 atom stereocenters. The molecule has 2 saturated heterocycles. The Bertz CT molecular complexity index is 169. The number of aliphatic hydroxyl groups is 1. The van der Waals surface area contributed by atoms with Crippen molar-refractivity contribution in [2.45, 2.75) is 31.7 Å². The van der Waals surface area contributed by atoms with Gasteiger partial charge in [0.25, 0.3) is 0 Å². The molecule has 2 heterocycles. The van der Waals surface area contributed by atoms with E-state index in [9.17, 15) is 0 Å². The fourth-order valence-electron chi connectivity index (χ4n) is 2.76. The molecule has 14 heavy (non-hydrogen) atoms. The third-order valence-corrected chi connectivity index (χ3v) is 3.64. The molecule has 2 fully saturated rings. The van der Waals surface area contributed by atoms with Crippen molar-refractivity contribution in [3.63, 3.8) is 0 Å². The lowest BCUT2D eigenvalue weighted by molar-refractivity contribution is 0.189. The zero-order valence-electron chi connectivity index (χ0n) is 8.91. The minimum Gasteiger partial charge on any atom is -0.396 e. The molecule has 0 aromatic heterocycles. The van der Waals surface area contributed by atoms with Crippen molar-refractivity contribution in [2.75, 3.05) is 32.8 Å². The minimum atomic E-state index is 0.363. The van der Waals surface area contributed by atoms with E-state index in [1.165, 1.54) is 45.4 Å². The van der Waals surface area contributed by atoms with Crippen LogP contribution in [0.4, 0.5) is 0 Å². The molecule has 2 N–H and O–H groups in total. The summed E-state index contributed by atoms with van der Waals surface area (Å²) in [5.41, 5.74) is 0. The Hall–Kier alpha value is -0.120. The first-order valence-electron chi connectivity index (χ1n) is 5.96. The molecule has 0 aromatic rings. The van der Waals surface area contributed by atoms with E-state index < -0.39 is 0 Å². The van der Waals surface area contributed by atoms with Crippen LogP contribution in [0.2, 0.25) is 0 Å². The number of hydrogen-bond acceptors (Lipinski definition) is 3. The fourth-order valence-corrected chi connectivity index (χ4v) is 2.76. The van der Waals surface area contributed by atoms with Gasteiger partial charge >= 0.3 is 0 Å². The van der Waals surface area contributed by atoms with Crippen LogP contribution in [-0.4, -0.2) is 48.8 Å². The number of nitrogens with one attached hydrogen (secondary N) is 1. The highest BCUT2D eigenvalue weighted by Gasteiger charge is 2.28. The lowest BCUT2D eigenvalue weighted by atomic mass is 10.0. The molecule has 2 rings (SSSR count). The van der Waals surface area contributed by atoms with Crippen LogP contribution in [0.25, 0.3) is 0 Å². The Morgan fingerprint density at radius 3 is 3.00 bits per heavy atom. The van der Waals surface area contributed by atoms with Crippen molar-refractivity contribution in [2.24, 2.45) is 5.92 Å². The van der Waals surface area contributed by atoms with E-state index in [0.29, 0.717) is 6.61 Å². The Kier molecular flexibility index (Phi) is 3.79. The maximum atomic E-state index is 8.89. The molecular formula is C11H22N2O. The Morgan fingerprint density at radius 2 is 2.29 bits per heavy atom. The molecule has 0 bridgehead atoms. The lowest BCUT2D eigenvalue weighted by Gasteiger charge is -2.31. The predicted molar refractivity (Wildman–Crippen MR) is 57.3 cm³/mol. The van der Waals surface area contributed by atoms with Gasteiger partial charge in [-0.1, -0.05) is 0 Å². The van der Waals surface area contributed by atoms with E-state index in [-0.39, 0.29) is 0 Å². The smallest absolute Gasteiger partial charge is 0.0434 e. The number of aliphatic hydroxyl groups excluding tert-OH is 1. The normalized spacial score (nSPS) is 34.9. The average molecular weight is 198 g/mol. The summed E-state index contributed by atoms with van der Waals surface area (Å²) < 4.78 is 0. The SMILES string of the molecule is OCCC1CCN(C2CCCNC2)C1. The van der Waals surface area contributed by atoms with E-state index in [1.807, 2.05) is 0 Å².